The molecule has 26 heavy (non-hydrogen) atoms. The van der Waals surface area contributed by atoms with Gasteiger partial charge in [-0.15, -0.1) is 0 Å². The third kappa shape index (κ3) is 6.50. The number of carbonyl (C=O) groups is 1. The van der Waals surface area contributed by atoms with Gasteiger partial charge in [-0.25, -0.2) is 8.42 Å². The van der Waals surface area contributed by atoms with E-state index < -0.39 is 9.84 Å². The van der Waals surface area contributed by atoms with Crippen LogP contribution in [0.4, 0.5) is 0 Å². The number of rotatable bonds is 9. The van der Waals surface area contributed by atoms with Gasteiger partial charge < -0.3 is 5.32 Å². The second-order valence-electron chi connectivity index (χ2n) is 6.16. The molecular weight excluding hydrogens is 366 g/mol. The van der Waals surface area contributed by atoms with Gasteiger partial charge in [0, 0.05) is 24.2 Å². The third-order valence-corrected chi connectivity index (χ3v) is 6.20. The van der Waals surface area contributed by atoms with Crippen molar-refractivity contribution in [3.05, 3.63) is 65.7 Å². The Labute approximate surface area is 160 Å². The van der Waals surface area contributed by atoms with Gasteiger partial charge in [0.25, 0.3) is 0 Å². The van der Waals surface area contributed by atoms with E-state index in [0.717, 1.165) is 23.5 Å². The number of sulfone groups is 1. The van der Waals surface area contributed by atoms with E-state index >= 15 is 0 Å². The summed E-state index contributed by atoms with van der Waals surface area (Å²) in [5.74, 6) is 1.69. The van der Waals surface area contributed by atoms with Crippen LogP contribution < -0.4 is 5.32 Å². The average Bonchev–Trinajstić information content (AvgIpc) is 2.63. The lowest BCUT2D eigenvalue weighted by Gasteiger charge is -2.18. The maximum atomic E-state index is 12.2. The Bertz CT molecular complexity index is 803. The molecule has 2 aromatic carbocycles. The van der Waals surface area contributed by atoms with Crippen LogP contribution in [0.3, 0.4) is 0 Å². The Morgan fingerprint density at radius 1 is 1.08 bits per heavy atom. The first-order valence-electron chi connectivity index (χ1n) is 8.61. The smallest absolute Gasteiger partial charge is 0.221 e. The lowest BCUT2D eigenvalue weighted by atomic mass is 10.0. The zero-order chi connectivity index (χ0) is 19.0. The molecule has 140 valence electrons. The number of nitrogens with one attached hydrogen (secondary N) is 1. The number of benzene rings is 2. The van der Waals surface area contributed by atoms with Gasteiger partial charge in [0.1, 0.15) is 0 Å². The lowest BCUT2D eigenvalue weighted by molar-refractivity contribution is -0.121. The zero-order valence-electron chi connectivity index (χ0n) is 15.1. The Morgan fingerprint density at radius 3 is 2.31 bits per heavy atom. The summed E-state index contributed by atoms with van der Waals surface area (Å²) in [6, 6.07) is 16.8. The van der Waals surface area contributed by atoms with Gasteiger partial charge in [-0.1, -0.05) is 49.4 Å². The van der Waals surface area contributed by atoms with Crippen LogP contribution in [0.2, 0.25) is 0 Å². The molecule has 0 aliphatic carbocycles. The number of amides is 1. The van der Waals surface area contributed by atoms with E-state index in [9.17, 15) is 13.2 Å². The minimum atomic E-state index is -3.20. The van der Waals surface area contributed by atoms with Gasteiger partial charge in [0.05, 0.1) is 10.9 Å². The number of thioether (sulfide) groups is 1. The van der Waals surface area contributed by atoms with E-state index in [4.69, 9.17) is 0 Å². The van der Waals surface area contributed by atoms with E-state index in [-0.39, 0.29) is 11.9 Å². The van der Waals surface area contributed by atoms with Gasteiger partial charge in [0.2, 0.25) is 5.91 Å². The Hall–Kier alpha value is -1.79. The van der Waals surface area contributed by atoms with Gasteiger partial charge in [-0.3, -0.25) is 4.79 Å². The minimum Gasteiger partial charge on any atom is -0.349 e. The molecule has 0 aliphatic heterocycles. The van der Waals surface area contributed by atoms with Crippen molar-refractivity contribution in [3.63, 3.8) is 0 Å². The summed E-state index contributed by atoms with van der Waals surface area (Å²) in [6.45, 7) is 2.00. The highest BCUT2D eigenvalue weighted by Gasteiger charge is 2.14. The van der Waals surface area contributed by atoms with Crippen molar-refractivity contribution in [2.24, 2.45) is 0 Å². The molecule has 0 fully saturated rings. The summed E-state index contributed by atoms with van der Waals surface area (Å²) in [4.78, 5) is 12.5. The van der Waals surface area contributed by atoms with Crippen molar-refractivity contribution in [3.8, 4) is 0 Å². The summed E-state index contributed by atoms with van der Waals surface area (Å²) in [6.07, 6.45) is 2.41. The van der Waals surface area contributed by atoms with Crippen LogP contribution in [0.15, 0.2) is 59.5 Å². The highest BCUT2D eigenvalue weighted by Crippen LogP contribution is 2.20. The molecule has 1 amide bonds. The zero-order valence-corrected chi connectivity index (χ0v) is 16.8. The van der Waals surface area contributed by atoms with Crippen LogP contribution in [0.5, 0.6) is 0 Å². The quantitative estimate of drug-likeness (QED) is 0.657. The lowest BCUT2D eigenvalue weighted by Crippen LogP contribution is -2.28. The highest BCUT2D eigenvalue weighted by atomic mass is 32.2. The van der Waals surface area contributed by atoms with Crippen molar-refractivity contribution in [2.45, 2.75) is 36.5 Å². The van der Waals surface area contributed by atoms with E-state index in [1.54, 1.807) is 36.0 Å². The predicted molar refractivity (Wildman–Crippen MR) is 108 cm³/mol. The topological polar surface area (TPSA) is 63.2 Å². The molecule has 0 spiro atoms. The van der Waals surface area contributed by atoms with E-state index in [1.165, 1.54) is 11.8 Å². The molecule has 6 heteroatoms. The van der Waals surface area contributed by atoms with Crippen LogP contribution >= 0.6 is 11.8 Å². The Balaban J connectivity index is 1.82. The summed E-state index contributed by atoms with van der Waals surface area (Å²) in [5, 5.41) is 3.04. The second-order valence-corrected chi connectivity index (χ2v) is 9.28. The largest absolute Gasteiger partial charge is 0.349 e. The molecule has 0 unspecified atom stereocenters. The maximum absolute atomic E-state index is 12.2. The molecule has 0 aliphatic rings. The Kier molecular flexibility index (Phi) is 7.72. The number of hydrogen-bond acceptors (Lipinski definition) is 4. The first-order chi connectivity index (χ1) is 12.4. The number of carbonyl (C=O) groups excluding carboxylic acids is 1. The van der Waals surface area contributed by atoms with Gasteiger partial charge in [-0.2, -0.15) is 11.8 Å². The molecule has 0 saturated heterocycles. The molecule has 2 aromatic rings. The standard InChI is InChI=1S/C20H25NO3S2/c1-3-19(17-9-11-18(12-10-17)26(2,23)24)21-20(22)13-14-25-15-16-7-5-4-6-8-16/h4-12,19H,3,13-15H2,1-2H3,(H,21,22)/t19-/m1/s1. The molecule has 0 aromatic heterocycles. The summed E-state index contributed by atoms with van der Waals surface area (Å²) in [7, 11) is -3.20. The molecule has 0 radical (unpaired) electrons. The van der Waals surface area contributed by atoms with Crippen LogP contribution in [0.25, 0.3) is 0 Å². The first kappa shape index (κ1) is 20.5. The number of hydrogen-bond donors (Lipinski definition) is 1. The summed E-state index contributed by atoms with van der Waals surface area (Å²) < 4.78 is 23.1. The summed E-state index contributed by atoms with van der Waals surface area (Å²) in [5.41, 5.74) is 2.18. The molecule has 4 nitrogen and oxygen atoms in total. The van der Waals surface area contributed by atoms with Gasteiger partial charge >= 0.3 is 0 Å². The van der Waals surface area contributed by atoms with Crippen molar-refractivity contribution in [1.29, 1.82) is 0 Å². The molecule has 1 N–H and O–H groups in total. The molecule has 0 bridgehead atoms. The van der Waals surface area contributed by atoms with Crippen LogP contribution in [0, 0.1) is 0 Å². The normalized spacial score (nSPS) is 12.5. The molecule has 0 saturated carbocycles. The molecule has 0 heterocycles. The van der Waals surface area contributed by atoms with Crippen LogP contribution in [0.1, 0.15) is 36.9 Å². The summed E-state index contributed by atoms with van der Waals surface area (Å²) >= 11 is 1.74. The van der Waals surface area contributed by atoms with Crippen LogP contribution in [-0.2, 0) is 20.4 Å². The monoisotopic (exact) mass is 391 g/mol. The van der Waals surface area contributed by atoms with Crippen molar-refractivity contribution < 1.29 is 13.2 Å². The van der Waals surface area contributed by atoms with Gasteiger partial charge in [-0.05, 0) is 29.7 Å². The fourth-order valence-electron chi connectivity index (χ4n) is 2.56. The molecule has 1 atom stereocenters. The van der Waals surface area contributed by atoms with E-state index in [0.29, 0.717) is 11.3 Å². The Morgan fingerprint density at radius 2 is 1.73 bits per heavy atom. The predicted octanol–water partition coefficient (Wildman–Crippen LogP) is 3.98. The van der Waals surface area contributed by atoms with Crippen LogP contribution in [-0.4, -0.2) is 26.3 Å². The van der Waals surface area contributed by atoms with Crippen molar-refractivity contribution in [2.75, 3.05) is 12.0 Å². The minimum absolute atomic E-state index is 0.0181. The maximum Gasteiger partial charge on any atom is 0.221 e. The third-order valence-electron chi connectivity index (χ3n) is 4.04. The average molecular weight is 392 g/mol. The molecular formula is C20H25NO3S2. The SMILES string of the molecule is CC[C@@H](NC(=O)CCSCc1ccccc1)c1ccc(S(C)(=O)=O)cc1. The highest BCUT2D eigenvalue weighted by molar-refractivity contribution is 7.98. The molecule has 2 rings (SSSR count). The van der Waals surface area contributed by atoms with Gasteiger partial charge in [0.15, 0.2) is 9.84 Å². The fourth-order valence-corrected chi connectivity index (χ4v) is 4.10. The van der Waals surface area contributed by atoms with Crippen molar-refractivity contribution >= 4 is 27.5 Å². The fraction of sp³-hybridized carbons (Fsp3) is 0.350. The second kappa shape index (κ2) is 9.78. The first-order valence-corrected chi connectivity index (χ1v) is 11.7. The van der Waals surface area contributed by atoms with E-state index in [2.05, 4.69) is 17.4 Å². The van der Waals surface area contributed by atoms with E-state index in [1.807, 2.05) is 25.1 Å². The van der Waals surface area contributed by atoms with Crippen molar-refractivity contribution in [1.82, 2.24) is 5.32 Å².